The highest BCUT2D eigenvalue weighted by atomic mass is 19.1. The minimum atomic E-state index is -1.01. The molecule has 0 bridgehead atoms. The molecule has 2 rings (SSSR count). The van der Waals surface area contributed by atoms with Gasteiger partial charge in [0.25, 0.3) is 0 Å². The van der Waals surface area contributed by atoms with Crippen LogP contribution in [0.1, 0.15) is 17.2 Å². The van der Waals surface area contributed by atoms with Crippen LogP contribution in [0, 0.1) is 17.5 Å². The SMILES string of the molecule is COc1cccc(F)c1C(N)c1cc(F)cc(F)c1. The normalized spacial score (nSPS) is 12.3. The largest absolute Gasteiger partial charge is 0.496 e. The molecule has 0 spiro atoms. The van der Waals surface area contributed by atoms with Gasteiger partial charge < -0.3 is 10.5 Å². The second kappa shape index (κ2) is 5.32. The van der Waals surface area contributed by atoms with E-state index >= 15 is 0 Å². The van der Waals surface area contributed by atoms with Crippen LogP contribution >= 0.6 is 0 Å². The first-order valence-corrected chi connectivity index (χ1v) is 5.57. The first-order valence-electron chi connectivity index (χ1n) is 5.57. The predicted octanol–water partition coefficient (Wildman–Crippen LogP) is 3.16. The molecule has 19 heavy (non-hydrogen) atoms. The highest BCUT2D eigenvalue weighted by molar-refractivity contribution is 5.42. The summed E-state index contributed by atoms with van der Waals surface area (Å²) < 4.78 is 45.2. The lowest BCUT2D eigenvalue weighted by atomic mass is 9.98. The number of benzene rings is 2. The molecule has 0 aliphatic heterocycles. The van der Waals surface area contributed by atoms with E-state index in [1.807, 2.05) is 0 Å². The van der Waals surface area contributed by atoms with Crippen LogP contribution in [-0.2, 0) is 0 Å². The van der Waals surface area contributed by atoms with E-state index in [0.29, 0.717) is 0 Å². The van der Waals surface area contributed by atoms with Gasteiger partial charge in [0.1, 0.15) is 23.2 Å². The topological polar surface area (TPSA) is 35.2 Å². The number of hydrogen-bond acceptors (Lipinski definition) is 2. The van der Waals surface area contributed by atoms with E-state index in [4.69, 9.17) is 10.5 Å². The molecule has 0 aliphatic rings. The Morgan fingerprint density at radius 3 is 2.26 bits per heavy atom. The van der Waals surface area contributed by atoms with E-state index in [1.165, 1.54) is 25.3 Å². The molecule has 100 valence electrons. The van der Waals surface area contributed by atoms with Crippen LogP contribution < -0.4 is 10.5 Å². The van der Waals surface area contributed by atoms with Gasteiger partial charge in [0.15, 0.2) is 0 Å². The van der Waals surface area contributed by atoms with Crippen LogP contribution in [0.2, 0.25) is 0 Å². The standard InChI is InChI=1S/C14H12F3NO/c1-19-12-4-2-3-11(17)13(12)14(18)8-5-9(15)7-10(16)6-8/h2-7,14H,18H2,1H3. The van der Waals surface area contributed by atoms with Crippen molar-refractivity contribution in [3.05, 3.63) is 65.0 Å². The molecule has 0 amide bonds. The van der Waals surface area contributed by atoms with Crippen molar-refractivity contribution >= 4 is 0 Å². The summed E-state index contributed by atoms with van der Waals surface area (Å²) in [7, 11) is 1.37. The van der Waals surface area contributed by atoms with Gasteiger partial charge in [-0.1, -0.05) is 6.07 Å². The Labute approximate surface area is 108 Å². The molecule has 0 saturated heterocycles. The van der Waals surface area contributed by atoms with Crippen molar-refractivity contribution in [3.63, 3.8) is 0 Å². The van der Waals surface area contributed by atoms with Gasteiger partial charge in [-0.25, -0.2) is 13.2 Å². The van der Waals surface area contributed by atoms with E-state index in [-0.39, 0.29) is 16.9 Å². The van der Waals surface area contributed by atoms with Gasteiger partial charge in [0.05, 0.1) is 18.7 Å². The van der Waals surface area contributed by atoms with Crippen molar-refractivity contribution in [1.82, 2.24) is 0 Å². The summed E-state index contributed by atoms with van der Waals surface area (Å²) in [5, 5.41) is 0. The molecule has 0 heterocycles. The molecule has 0 saturated carbocycles. The van der Waals surface area contributed by atoms with E-state index in [1.54, 1.807) is 0 Å². The van der Waals surface area contributed by atoms with Gasteiger partial charge in [-0.3, -0.25) is 0 Å². The van der Waals surface area contributed by atoms with Crippen molar-refractivity contribution in [2.45, 2.75) is 6.04 Å². The Hall–Kier alpha value is -2.01. The molecule has 1 atom stereocenters. The van der Waals surface area contributed by atoms with Gasteiger partial charge in [0.2, 0.25) is 0 Å². The third-order valence-corrected chi connectivity index (χ3v) is 2.79. The minimum absolute atomic E-state index is 0.0648. The lowest BCUT2D eigenvalue weighted by Gasteiger charge is -2.17. The molecular weight excluding hydrogens is 255 g/mol. The monoisotopic (exact) mass is 267 g/mol. The predicted molar refractivity (Wildman–Crippen MR) is 65.3 cm³/mol. The van der Waals surface area contributed by atoms with Gasteiger partial charge >= 0.3 is 0 Å². The number of halogens is 3. The summed E-state index contributed by atoms with van der Waals surface area (Å²) in [5.74, 6) is -1.88. The molecule has 2 nitrogen and oxygen atoms in total. The van der Waals surface area contributed by atoms with Crippen molar-refractivity contribution in [2.75, 3.05) is 7.11 Å². The molecule has 0 aliphatic carbocycles. The second-order valence-corrected chi connectivity index (χ2v) is 4.04. The van der Waals surface area contributed by atoms with Crippen LogP contribution in [0.15, 0.2) is 36.4 Å². The Bertz CT molecular complexity index is 581. The number of nitrogens with two attached hydrogens (primary N) is 1. The third kappa shape index (κ3) is 2.71. The van der Waals surface area contributed by atoms with Crippen molar-refractivity contribution in [2.24, 2.45) is 5.73 Å². The Morgan fingerprint density at radius 1 is 1.05 bits per heavy atom. The smallest absolute Gasteiger partial charge is 0.132 e. The van der Waals surface area contributed by atoms with Crippen LogP contribution in [0.25, 0.3) is 0 Å². The van der Waals surface area contributed by atoms with Crippen LogP contribution in [-0.4, -0.2) is 7.11 Å². The van der Waals surface area contributed by atoms with Crippen molar-refractivity contribution in [3.8, 4) is 5.75 Å². The fraction of sp³-hybridized carbons (Fsp3) is 0.143. The van der Waals surface area contributed by atoms with Crippen molar-refractivity contribution in [1.29, 1.82) is 0 Å². The second-order valence-electron chi connectivity index (χ2n) is 4.04. The summed E-state index contributed by atoms with van der Waals surface area (Å²) in [6, 6.07) is 6.08. The zero-order chi connectivity index (χ0) is 14.0. The zero-order valence-electron chi connectivity index (χ0n) is 10.2. The van der Waals surface area contributed by atoms with E-state index < -0.39 is 23.5 Å². The van der Waals surface area contributed by atoms with Gasteiger partial charge in [-0.15, -0.1) is 0 Å². The van der Waals surface area contributed by atoms with E-state index in [2.05, 4.69) is 0 Å². The zero-order valence-corrected chi connectivity index (χ0v) is 10.2. The quantitative estimate of drug-likeness (QED) is 0.927. The van der Waals surface area contributed by atoms with E-state index in [9.17, 15) is 13.2 Å². The Balaban J connectivity index is 2.52. The Kier molecular flexibility index (Phi) is 3.76. The van der Waals surface area contributed by atoms with Crippen LogP contribution in [0.3, 0.4) is 0 Å². The van der Waals surface area contributed by atoms with Gasteiger partial charge in [0, 0.05) is 6.07 Å². The first-order chi connectivity index (χ1) is 9.02. The molecule has 0 radical (unpaired) electrons. The summed E-state index contributed by atoms with van der Waals surface area (Å²) in [4.78, 5) is 0. The maximum absolute atomic E-state index is 13.8. The highest BCUT2D eigenvalue weighted by Gasteiger charge is 2.19. The molecular formula is C14H12F3NO. The summed E-state index contributed by atoms with van der Waals surface area (Å²) in [5.41, 5.74) is 6.08. The van der Waals surface area contributed by atoms with Gasteiger partial charge in [-0.05, 0) is 29.8 Å². The number of rotatable bonds is 3. The highest BCUT2D eigenvalue weighted by Crippen LogP contribution is 2.31. The molecule has 0 aromatic heterocycles. The van der Waals surface area contributed by atoms with Crippen LogP contribution in [0.4, 0.5) is 13.2 Å². The fourth-order valence-electron chi connectivity index (χ4n) is 1.92. The molecule has 0 fully saturated rings. The van der Waals surface area contributed by atoms with Gasteiger partial charge in [-0.2, -0.15) is 0 Å². The summed E-state index contributed by atoms with van der Waals surface area (Å²) in [6.07, 6.45) is 0. The average molecular weight is 267 g/mol. The summed E-state index contributed by atoms with van der Waals surface area (Å²) in [6.45, 7) is 0. The minimum Gasteiger partial charge on any atom is -0.496 e. The maximum Gasteiger partial charge on any atom is 0.132 e. The third-order valence-electron chi connectivity index (χ3n) is 2.79. The molecule has 2 aromatic carbocycles. The number of ether oxygens (including phenoxy) is 1. The fourth-order valence-corrected chi connectivity index (χ4v) is 1.92. The molecule has 1 unspecified atom stereocenters. The summed E-state index contributed by atoms with van der Waals surface area (Å²) >= 11 is 0. The lowest BCUT2D eigenvalue weighted by molar-refractivity contribution is 0.402. The molecule has 5 heteroatoms. The number of hydrogen-bond donors (Lipinski definition) is 1. The first kappa shape index (κ1) is 13.4. The van der Waals surface area contributed by atoms with Crippen LogP contribution in [0.5, 0.6) is 5.75 Å². The average Bonchev–Trinajstić information content (AvgIpc) is 2.36. The van der Waals surface area contributed by atoms with Crippen molar-refractivity contribution < 1.29 is 17.9 Å². The number of methoxy groups -OCH3 is 1. The lowest BCUT2D eigenvalue weighted by Crippen LogP contribution is -2.15. The Morgan fingerprint density at radius 2 is 1.68 bits per heavy atom. The van der Waals surface area contributed by atoms with E-state index in [0.717, 1.165) is 18.2 Å². The molecule has 2 aromatic rings. The maximum atomic E-state index is 13.8. The molecule has 2 N–H and O–H groups in total.